The number of carbonyl (C=O) groups excluding carboxylic acids is 1. The van der Waals surface area contributed by atoms with E-state index in [1.54, 1.807) is 4.90 Å². The standard InChI is InChI=1S/C10H11NO.C5H9NO.C2H6/c1-8-4-2-3-5-9(8)10-6-11-7-12-10;7-5-6-3-1-2-4-6;1-2/h2-5,7,10H,6H2,1H3;5H,1-4H2;1-2H3. The van der Waals surface area contributed by atoms with Crippen molar-refractivity contribution in [2.24, 2.45) is 4.99 Å². The quantitative estimate of drug-likeness (QED) is 0.784. The lowest BCUT2D eigenvalue weighted by molar-refractivity contribution is -0.117. The Kier molecular flexibility index (Phi) is 8.17. The third-order valence-corrected chi connectivity index (χ3v) is 3.40. The summed E-state index contributed by atoms with van der Waals surface area (Å²) in [5.41, 5.74) is 2.52. The highest BCUT2D eigenvalue weighted by molar-refractivity contribution is 5.50. The van der Waals surface area contributed by atoms with Crippen LogP contribution in [-0.4, -0.2) is 37.3 Å². The van der Waals surface area contributed by atoms with Gasteiger partial charge in [0.05, 0.1) is 6.54 Å². The molecule has 0 aromatic heterocycles. The van der Waals surface area contributed by atoms with E-state index < -0.39 is 0 Å². The first kappa shape index (κ1) is 17.2. The van der Waals surface area contributed by atoms with Crippen LogP contribution < -0.4 is 0 Å². The lowest BCUT2D eigenvalue weighted by atomic mass is 10.0. The molecule has 1 unspecified atom stereocenters. The summed E-state index contributed by atoms with van der Waals surface area (Å²) in [5, 5.41) is 0. The molecule has 0 bridgehead atoms. The van der Waals surface area contributed by atoms with E-state index in [2.05, 4.69) is 24.0 Å². The summed E-state index contributed by atoms with van der Waals surface area (Å²) in [7, 11) is 0. The molecule has 116 valence electrons. The van der Waals surface area contributed by atoms with Crippen LogP contribution in [0.25, 0.3) is 0 Å². The monoisotopic (exact) mass is 290 g/mol. The molecule has 2 heterocycles. The number of rotatable bonds is 2. The lowest BCUT2D eigenvalue weighted by Gasteiger charge is -2.11. The summed E-state index contributed by atoms with van der Waals surface area (Å²) in [6.45, 7) is 8.80. The van der Waals surface area contributed by atoms with Crippen molar-refractivity contribution in [3.05, 3.63) is 35.4 Å². The summed E-state index contributed by atoms with van der Waals surface area (Å²) in [6, 6.07) is 8.25. The van der Waals surface area contributed by atoms with Crippen LogP contribution in [0.2, 0.25) is 0 Å². The van der Waals surface area contributed by atoms with Crippen LogP contribution in [0.5, 0.6) is 0 Å². The van der Waals surface area contributed by atoms with Gasteiger partial charge in [0.1, 0.15) is 6.10 Å². The van der Waals surface area contributed by atoms with Crippen molar-refractivity contribution in [2.45, 2.75) is 39.7 Å². The highest BCUT2D eigenvalue weighted by Crippen LogP contribution is 2.22. The fourth-order valence-corrected chi connectivity index (χ4v) is 2.26. The molecule has 0 radical (unpaired) electrons. The second-order valence-corrected chi connectivity index (χ2v) is 4.80. The Labute approximate surface area is 127 Å². The van der Waals surface area contributed by atoms with Gasteiger partial charge in [-0.15, -0.1) is 0 Å². The molecule has 1 aromatic rings. The minimum absolute atomic E-state index is 0.145. The summed E-state index contributed by atoms with van der Waals surface area (Å²) in [5.74, 6) is 0. The molecule has 2 aliphatic rings. The number of aryl methyl sites for hydroxylation is 1. The first-order valence-corrected chi connectivity index (χ1v) is 7.70. The van der Waals surface area contributed by atoms with Crippen LogP contribution in [0.4, 0.5) is 0 Å². The van der Waals surface area contributed by atoms with E-state index in [0.717, 1.165) is 26.0 Å². The minimum Gasteiger partial charge on any atom is -0.474 e. The number of ether oxygens (including phenoxy) is 1. The number of carbonyl (C=O) groups is 1. The van der Waals surface area contributed by atoms with Crippen LogP contribution in [0.3, 0.4) is 0 Å². The van der Waals surface area contributed by atoms with Gasteiger partial charge in [0, 0.05) is 13.1 Å². The first-order valence-electron chi connectivity index (χ1n) is 7.70. The molecular formula is C17H26N2O2. The largest absolute Gasteiger partial charge is 0.474 e. The topological polar surface area (TPSA) is 41.9 Å². The van der Waals surface area contributed by atoms with E-state index >= 15 is 0 Å². The summed E-state index contributed by atoms with van der Waals surface area (Å²) in [6.07, 6.45) is 4.99. The molecule has 1 aromatic carbocycles. The predicted octanol–water partition coefficient (Wildman–Crippen LogP) is 3.36. The van der Waals surface area contributed by atoms with Crippen molar-refractivity contribution in [2.75, 3.05) is 19.6 Å². The summed E-state index contributed by atoms with van der Waals surface area (Å²) >= 11 is 0. The zero-order valence-electron chi connectivity index (χ0n) is 13.3. The van der Waals surface area contributed by atoms with E-state index in [1.807, 2.05) is 26.0 Å². The van der Waals surface area contributed by atoms with Crippen LogP contribution in [0.15, 0.2) is 29.3 Å². The number of hydrogen-bond acceptors (Lipinski definition) is 3. The zero-order chi connectivity index (χ0) is 15.5. The Morgan fingerprint density at radius 2 is 1.90 bits per heavy atom. The van der Waals surface area contributed by atoms with Gasteiger partial charge >= 0.3 is 0 Å². The van der Waals surface area contributed by atoms with Crippen LogP contribution in [0, 0.1) is 6.92 Å². The molecule has 1 atom stereocenters. The summed E-state index contributed by atoms with van der Waals surface area (Å²) in [4.78, 5) is 15.8. The molecule has 21 heavy (non-hydrogen) atoms. The number of amides is 1. The van der Waals surface area contributed by atoms with Gasteiger partial charge in [-0.05, 0) is 30.9 Å². The van der Waals surface area contributed by atoms with Crippen LogP contribution >= 0.6 is 0 Å². The molecule has 0 N–H and O–H groups in total. The van der Waals surface area contributed by atoms with Crippen molar-refractivity contribution in [1.29, 1.82) is 0 Å². The molecule has 1 amide bonds. The van der Waals surface area contributed by atoms with Crippen molar-refractivity contribution >= 4 is 12.8 Å². The molecule has 0 spiro atoms. The molecule has 2 aliphatic heterocycles. The molecule has 0 aliphatic carbocycles. The highest BCUT2D eigenvalue weighted by Gasteiger charge is 2.16. The molecule has 0 saturated carbocycles. The molecule has 3 rings (SSSR count). The Balaban J connectivity index is 0.000000210. The van der Waals surface area contributed by atoms with Gasteiger partial charge in [-0.25, -0.2) is 0 Å². The van der Waals surface area contributed by atoms with Crippen molar-refractivity contribution < 1.29 is 9.53 Å². The molecule has 4 nitrogen and oxygen atoms in total. The number of nitrogens with zero attached hydrogens (tertiary/aromatic N) is 2. The Morgan fingerprint density at radius 3 is 2.38 bits per heavy atom. The lowest BCUT2D eigenvalue weighted by Crippen LogP contribution is -2.15. The van der Waals surface area contributed by atoms with E-state index in [-0.39, 0.29) is 6.10 Å². The molecule has 4 heteroatoms. The minimum atomic E-state index is 0.145. The maximum atomic E-state index is 9.93. The van der Waals surface area contributed by atoms with Crippen molar-refractivity contribution in [1.82, 2.24) is 4.90 Å². The Morgan fingerprint density at radius 1 is 1.24 bits per heavy atom. The Hall–Kier alpha value is -1.84. The van der Waals surface area contributed by atoms with Crippen LogP contribution in [-0.2, 0) is 9.53 Å². The molecule has 1 fully saturated rings. The van der Waals surface area contributed by atoms with Crippen molar-refractivity contribution in [3.8, 4) is 0 Å². The van der Waals surface area contributed by atoms with Gasteiger partial charge in [-0.2, -0.15) is 0 Å². The number of hydrogen-bond donors (Lipinski definition) is 0. The van der Waals surface area contributed by atoms with E-state index in [0.29, 0.717) is 0 Å². The maximum Gasteiger partial charge on any atom is 0.209 e. The first-order chi connectivity index (χ1) is 10.3. The third-order valence-electron chi connectivity index (χ3n) is 3.40. The van der Waals surface area contributed by atoms with Gasteiger partial charge in [0.15, 0.2) is 6.40 Å². The zero-order valence-corrected chi connectivity index (χ0v) is 13.3. The van der Waals surface area contributed by atoms with Crippen LogP contribution in [0.1, 0.15) is 43.9 Å². The molecular weight excluding hydrogens is 264 g/mol. The van der Waals surface area contributed by atoms with E-state index in [9.17, 15) is 4.79 Å². The van der Waals surface area contributed by atoms with Gasteiger partial charge < -0.3 is 9.64 Å². The van der Waals surface area contributed by atoms with Gasteiger partial charge in [0.25, 0.3) is 0 Å². The van der Waals surface area contributed by atoms with Gasteiger partial charge in [-0.1, -0.05) is 38.1 Å². The fourth-order valence-electron chi connectivity index (χ4n) is 2.26. The van der Waals surface area contributed by atoms with E-state index in [1.165, 1.54) is 30.4 Å². The molecule has 1 saturated heterocycles. The second-order valence-electron chi connectivity index (χ2n) is 4.80. The Bertz CT molecular complexity index is 432. The van der Waals surface area contributed by atoms with Gasteiger partial charge in [-0.3, -0.25) is 9.79 Å². The summed E-state index contributed by atoms with van der Waals surface area (Å²) < 4.78 is 5.33. The number of aliphatic imine (C=N–C) groups is 1. The average molecular weight is 290 g/mol. The SMILES string of the molecule is CC.Cc1ccccc1C1CN=CO1.O=CN1CCCC1. The third kappa shape index (κ3) is 5.58. The van der Waals surface area contributed by atoms with Crippen molar-refractivity contribution in [3.63, 3.8) is 0 Å². The predicted molar refractivity (Wildman–Crippen MR) is 86.6 cm³/mol. The smallest absolute Gasteiger partial charge is 0.209 e. The highest BCUT2D eigenvalue weighted by atomic mass is 16.5. The normalized spacial score (nSPS) is 19.0. The number of benzene rings is 1. The van der Waals surface area contributed by atoms with E-state index in [4.69, 9.17) is 4.74 Å². The number of likely N-dealkylation sites (tertiary alicyclic amines) is 1. The second kappa shape index (κ2) is 9.97. The average Bonchev–Trinajstić information content (AvgIpc) is 3.24. The van der Waals surface area contributed by atoms with Gasteiger partial charge in [0.2, 0.25) is 6.41 Å². The fraction of sp³-hybridized carbons (Fsp3) is 0.529. The maximum absolute atomic E-state index is 9.93.